The molecule has 1 nitrogen and oxygen atoms in total. The van der Waals surface area contributed by atoms with Crippen molar-refractivity contribution in [3.8, 4) is 0 Å². The first-order valence-corrected chi connectivity index (χ1v) is 5.36. The molecule has 1 atom stereocenters. The van der Waals surface area contributed by atoms with Crippen molar-refractivity contribution in [3.05, 3.63) is 21.9 Å². The van der Waals surface area contributed by atoms with Crippen LogP contribution in [0.5, 0.6) is 0 Å². The third-order valence-corrected chi connectivity index (χ3v) is 3.90. The van der Waals surface area contributed by atoms with E-state index in [0.29, 0.717) is 5.54 Å². The molecule has 2 heteroatoms. The lowest BCUT2D eigenvalue weighted by Gasteiger charge is -2.33. The van der Waals surface area contributed by atoms with Gasteiger partial charge in [-0.2, -0.15) is 0 Å². The Labute approximate surface area is 77.8 Å². The molecule has 0 fully saturated rings. The average molecular weight is 181 g/mol. The summed E-state index contributed by atoms with van der Waals surface area (Å²) < 4.78 is 0. The molecule has 0 radical (unpaired) electrons. The van der Waals surface area contributed by atoms with Crippen LogP contribution in [0.4, 0.5) is 0 Å². The smallest absolute Gasteiger partial charge is 0.0201 e. The first-order chi connectivity index (χ1) is 5.73. The molecule has 1 N–H and O–H groups in total. The molecular formula is C10H15NS. The summed E-state index contributed by atoms with van der Waals surface area (Å²) in [5.74, 6) is 0. The highest BCUT2D eigenvalue weighted by Crippen LogP contribution is 2.31. The van der Waals surface area contributed by atoms with Gasteiger partial charge in [-0.05, 0) is 50.2 Å². The molecular weight excluding hydrogens is 166 g/mol. The van der Waals surface area contributed by atoms with E-state index in [9.17, 15) is 0 Å². The summed E-state index contributed by atoms with van der Waals surface area (Å²) >= 11 is 1.90. The highest BCUT2D eigenvalue weighted by Gasteiger charge is 2.28. The van der Waals surface area contributed by atoms with Crippen molar-refractivity contribution in [2.24, 2.45) is 0 Å². The summed E-state index contributed by atoms with van der Waals surface area (Å²) in [6.07, 6.45) is 3.72. The minimum atomic E-state index is 0.345. The topological polar surface area (TPSA) is 12.0 Å². The number of likely N-dealkylation sites (N-methyl/N-ethyl adjacent to an activating group) is 1. The Morgan fingerprint density at radius 1 is 1.58 bits per heavy atom. The van der Waals surface area contributed by atoms with Crippen LogP contribution in [0.3, 0.4) is 0 Å². The fourth-order valence-electron chi connectivity index (χ4n) is 1.81. The van der Waals surface area contributed by atoms with Gasteiger partial charge in [0.2, 0.25) is 0 Å². The summed E-state index contributed by atoms with van der Waals surface area (Å²) in [5.41, 5.74) is 1.92. The number of rotatable bonds is 1. The Morgan fingerprint density at radius 2 is 2.42 bits per heavy atom. The predicted molar refractivity (Wildman–Crippen MR) is 53.8 cm³/mol. The van der Waals surface area contributed by atoms with Crippen molar-refractivity contribution in [3.63, 3.8) is 0 Å². The van der Waals surface area contributed by atoms with Crippen LogP contribution in [0.2, 0.25) is 0 Å². The molecule has 1 unspecified atom stereocenters. The van der Waals surface area contributed by atoms with Crippen LogP contribution in [0.15, 0.2) is 11.4 Å². The molecule has 0 saturated carbocycles. The second-order valence-electron chi connectivity index (χ2n) is 3.86. The Balaban J connectivity index is 2.25. The van der Waals surface area contributed by atoms with Gasteiger partial charge in [-0.3, -0.25) is 0 Å². The van der Waals surface area contributed by atoms with E-state index in [-0.39, 0.29) is 0 Å². The van der Waals surface area contributed by atoms with E-state index < -0.39 is 0 Å². The normalized spacial score (nSPS) is 28.5. The van der Waals surface area contributed by atoms with Crippen LogP contribution >= 0.6 is 11.3 Å². The fraction of sp³-hybridized carbons (Fsp3) is 0.600. The van der Waals surface area contributed by atoms with Crippen molar-refractivity contribution in [2.75, 3.05) is 7.05 Å². The standard InChI is InChI=1S/C10H15NS/c1-10(11-2)5-3-8-4-6-12-9(8)7-10/h4,6,11H,3,5,7H2,1-2H3. The van der Waals surface area contributed by atoms with Crippen molar-refractivity contribution in [1.29, 1.82) is 0 Å². The van der Waals surface area contributed by atoms with Crippen molar-refractivity contribution in [1.82, 2.24) is 5.32 Å². The molecule has 0 aromatic carbocycles. The van der Waals surface area contributed by atoms with Crippen molar-refractivity contribution in [2.45, 2.75) is 31.7 Å². The van der Waals surface area contributed by atoms with E-state index in [1.165, 1.54) is 19.3 Å². The Kier molecular flexibility index (Phi) is 1.97. The quantitative estimate of drug-likeness (QED) is 0.700. The molecule has 12 heavy (non-hydrogen) atoms. The molecule has 66 valence electrons. The number of nitrogens with one attached hydrogen (secondary N) is 1. The molecule has 0 amide bonds. The lowest BCUT2D eigenvalue weighted by Crippen LogP contribution is -2.44. The Morgan fingerprint density at radius 3 is 3.17 bits per heavy atom. The van der Waals surface area contributed by atoms with Crippen molar-refractivity contribution < 1.29 is 0 Å². The van der Waals surface area contributed by atoms with Gasteiger partial charge in [0.15, 0.2) is 0 Å². The highest BCUT2D eigenvalue weighted by atomic mass is 32.1. The number of fused-ring (bicyclic) bond motifs is 1. The van der Waals surface area contributed by atoms with E-state index in [1.54, 1.807) is 10.4 Å². The minimum Gasteiger partial charge on any atom is -0.314 e. The first-order valence-electron chi connectivity index (χ1n) is 4.48. The van der Waals surface area contributed by atoms with Crippen LogP contribution in [-0.4, -0.2) is 12.6 Å². The maximum Gasteiger partial charge on any atom is 0.0201 e. The summed E-state index contributed by atoms with van der Waals surface area (Å²) in [5, 5.41) is 5.63. The molecule has 0 saturated heterocycles. The van der Waals surface area contributed by atoms with Gasteiger partial charge in [0.05, 0.1) is 0 Å². The van der Waals surface area contributed by atoms with Crippen LogP contribution in [0.1, 0.15) is 23.8 Å². The van der Waals surface area contributed by atoms with Crippen LogP contribution in [0, 0.1) is 0 Å². The highest BCUT2D eigenvalue weighted by molar-refractivity contribution is 7.10. The van der Waals surface area contributed by atoms with Gasteiger partial charge in [0, 0.05) is 10.4 Å². The van der Waals surface area contributed by atoms with Gasteiger partial charge < -0.3 is 5.32 Å². The zero-order chi connectivity index (χ0) is 8.60. The SMILES string of the molecule is CNC1(C)CCc2ccsc2C1. The van der Waals surface area contributed by atoms with Crippen molar-refractivity contribution >= 4 is 11.3 Å². The van der Waals surface area contributed by atoms with Gasteiger partial charge in [-0.25, -0.2) is 0 Å². The van der Waals surface area contributed by atoms with E-state index >= 15 is 0 Å². The summed E-state index contributed by atoms with van der Waals surface area (Å²) in [6.45, 7) is 2.32. The molecule has 1 aliphatic carbocycles. The van der Waals surface area contributed by atoms with E-state index in [0.717, 1.165) is 0 Å². The predicted octanol–water partition coefficient (Wildman–Crippen LogP) is 2.21. The molecule has 1 heterocycles. The van der Waals surface area contributed by atoms with Crippen LogP contribution < -0.4 is 5.32 Å². The van der Waals surface area contributed by atoms with Gasteiger partial charge in [0.1, 0.15) is 0 Å². The Bertz CT molecular complexity index is 279. The molecule has 1 aromatic rings. The third-order valence-electron chi connectivity index (χ3n) is 2.94. The molecule has 0 bridgehead atoms. The van der Waals surface area contributed by atoms with E-state index in [4.69, 9.17) is 0 Å². The van der Waals surface area contributed by atoms with Gasteiger partial charge >= 0.3 is 0 Å². The monoisotopic (exact) mass is 181 g/mol. The first kappa shape index (κ1) is 8.27. The molecule has 2 rings (SSSR count). The minimum absolute atomic E-state index is 0.345. The van der Waals surface area contributed by atoms with E-state index in [2.05, 4.69) is 30.7 Å². The zero-order valence-corrected chi connectivity index (χ0v) is 8.50. The molecule has 1 aromatic heterocycles. The summed E-state index contributed by atoms with van der Waals surface area (Å²) in [7, 11) is 2.07. The van der Waals surface area contributed by atoms with Gasteiger partial charge in [0.25, 0.3) is 0 Å². The fourth-order valence-corrected chi connectivity index (χ4v) is 2.93. The molecule has 0 spiro atoms. The average Bonchev–Trinajstić information content (AvgIpc) is 2.51. The largest absolute Gasteiger partial charge is 0.314 e. The van der Waals surface area contributed by atoms with E-state index in [1.807, 2.05) is 11.3 Å². The maximum atomic E-state index is 3.42. The van der Waals surface area contributed by atoms with Crippen LogP contribution in [0.25, 0.3) is 0 Å². The maximum absolute atomic E-state index is 3.42. The second-order valence-corrected chi connectivity index (χ2v) is 4.86. The molecule has 0 aliphatic heterocycles. The van der Waals surface area contributed by atoms with Gasteiger partial charge in [-0.1, -0.05) is 0 Å². The molecule has 1 aliphatic rings. The Hall–Kier alpha value is -0.340. The summed E-state index contributed by atoms with van der Waals surface area (Å²) in [4.78, 5) is 1.58. The lowest BCUT2D eigenvalue weighted by atomic mass is 9.84. The number of thiophene rings is 1. The lowest BCUT2D eigenvalue weighted by molar-refractivity contribution is 0.342. The van der Waals surface area contributed by atoms with Gasteiger partial charge in [-0.15, -0.1) is 11.3 Å². The number of hydrogen-bond acceptors (Lipinski definition) is 2. The zero-order valence-electron chi connectivity index (χ0n) is 7.68. The number of hydrogen-bond donors (Lipinski definition) is 1. The number of aryl methyl sites for hydroxylation is 1. The third kappa shape index (κ3) is 1.29. The second kappa shape index (κ2) is 2.86. The van der Waals surface area contributed by atoms with Crippen LogP contribution in [-0.2, 0) is 12.8 Å². The summed E-state index contributed by atoms with van der Waals surface area (Å²) in [6, 6.07) is 2.27.